The Kier molecular flexibility index (Phi) is 2.30. The molecule has 0 aliphatic carbocycles. The van der Waals surface area contributed by atoms with E-state index in [-0.39, 0.29) is 0 Å². The molecule has 14 heavy (non-hydrogen) atoms. The van der Waals surface area contributed by atoms with Crippen molar-refractivity contribution in [3.05, 3.63) is 40.8 Å². The molecule has 1 nitrogen and oxygen atoms in total. The number of rotatable bonds is 1. The van der Waals surface area contributed by atoms with Gasteiger partial charge in [0.05, 0.1) is 0 Å². The van der Waals surface area contributed by atoms with E-state index in [1.807, 2.05) is 23.5 Å². The van der Waals surface area contributed by atoms with E-state index in [9.17, 15) is 0 Å². The van der Waals surface area contributed by atoms with Crippen LogP contribution < -0.4 is 5.73 Å². The maximum Gasteiger partial charge on any atom is 0.0348 e. The monoisotopic (exact) mass is 203 g/mol. The summed E-state index contributed by atoms with van der Waals surface area (Å²) in [5.74, 6) is 0. The molecule has 72 valence electrons. The predicted molar refractivity (Wildman–Crippen MR) is 63.6 cm³/mol. The molecule has 0 unspecified atom stereocenters. The lowest BCUT2D eigenvalue weighted by atomic mass is 10.1. The topological polar surface area (TPSA) is 26.0 Å². The average molecular weight is 203 g/mol. The molecule has 1 aromatic carbocycles. The minimum atomic E-state index is 0.830. The normalized spacial score (nSPS) is 10.4. The minimum absolute atomic E-state index is 0.830. The second kappa shape index (κ2) is 3.46. The van der Waals surface area contributed by atoms with E-state index < -0.39 is 0 Å². The minimum Gasteiger partial charge on any atom is -0.399 e. The smallest absolute Gasteiger partial charge is 0.0348 e. The summed E-state index contributed by atoms with van der Waals surface area (Å²) in [7, 11) is 0. The second-order valence-electron chi connectivity index (χ2n) is 3.48. The van der Waals surface area contributed by atoms with E-state index in [1.165, 1.54) is 20.9 Å². The van der Waals surface area contributed by atoms with Crippen LogP contribution in [-0.4, -0.2) is 0 Å². The highest BCUT2D eigenvalue weighted by atomic mass is 32.1. The van der Waals surface area contributed by atoms with Gasteiger partial charge in [0.15, 0.2) is 0 Å². The first-order chi connectivity index (χ1) is 6.66. The Bertz CT molecular complexity index is 457. The van der Waals surface area contributed by atoms with Crippen LogP contribution in [0.15, 0.2) is 30.3 Å². The lowest BCUT2D eigenvalue weighted by molar-refractivity contribution is 1.48. The fraction of sp³-hybridized carbons (Fsp3) is 0.167. The molecule has 1 aromatic heterocycles. The van der Waals surface area contributed by atoms with Crippen LogP contribution in [0, 0.1) is 13.8 Å². The predicted octanol–water partition coefficient (Wildman–Crippen LogP) is 3.61. The van der Waals surface area contributed by atoms with E-state index in [2.05, 4.69) is 32.0 Å². The van der Waals surface area contributed by atoms with Crippen LogP contribution in [0.3, 0.4) is 0 Å². The summed E-state index contributed by atoms with van der Waals surface area (Å²) >= 11 is 1.81. The van der Waals surface area contributed by atoms with Gasteiger partial charge in [0, 0.05) is 15.4 Å². The van der Waals surface area contributed by atoms with Gasteiger partial charge in [0.2, 0.25) is 0 Å². The summed E-state index contributed by atoms with van der Waals surface area (Å²) in [5.41, 5.74) is 9.14. The van der Waals surface area contributed by atoms with Crippen molar-refractivity contribution in [1.29, 1.82) is 0 Å². The number of anilines is 1. The van der Waals surface area contributed by atoms with Crippen molar-refractivity contribution >= 4 is 17.0 Å². The molecule has 0 atom stereocenters. The molecule has 0 spiro atoms. The Morgan fingerprint density at radius 1 is 1.07 bits per heavy atom. The van der Waals surface area contributed by atoms with Crippen molar-refractivity contribution in [2.75, 3.05) is 5.73 Å². The molecule has 0 radical (unpaired) electrons. The molecule has 1 heterocycles. The highest BCUT2D eigenvalue weighted by molar-refractivity contribution is 7.15. The van der Waals surface area contributed by atoms with Crippen molar-refractivity contribution in [3.8, 4) is 10.4 Å². The number of thiophene rings is 1. The summed E-state index contributed by atoms with van der Waals surface area (Å²) in [6.45, 7) is 4.24. The van der Waals surface area contributed by atoms with Gasteiger partial charge in [0.1, 0.15) is 0 Å². The molecular formula is C12H13NS. The van der Waals surface area contributed by atoms with Gasteiger partial charge in [0.25, 0.3) is 0 Å². The third-order valence-corrected chi connectivity index (χ3v) is 3.30. The van der Waals surface area contributed by atoms with Gasteiger partial charge in [-0.15, -0.1) is 11.3 Å². The van der Waals surface area contributed by atoms with Gasteiger partial charge in [-0.25, -0.2) is 0 Å². The number of benzene rings is 1. The SMILES string of the molecule is Cc1ccc(-c2cc(N)ccc2C)s1. The molecule has 2 aromatic rings. The Hall–Kier alpha value is -1.28. The van der Waals surface area contributed by atoms with E-state index in [0.29, 0.717) is 0 Å². The van der Waals surface area contributed by atoms with Crippen LogP contribution in [0.5, 0.6) is 0 Å². The number of hydrogen-bond donors (Lipinski definition) is 1. The third-order valence-electron chi connectivity index (χ3n) is 2.27. The second-order valence-corrected chi connectivity index (χ2v) is 4.77. The fourth-order valence-electron chi connectivity index (χ4n) is 1.48. The zero-order chi connectivity index (χ0) is 10.1. The molecule has 0 aliphatic heterocycles. The lowest BCUT2D eigenvalue weighted by Crippen LogP contribution is -1.86. The summed E-state index contributed by atoms with van der Waals surface area (Å²) in [4.78, 5) is 2.63. The summed E-state index contributed by atoms with van der Waals surface area (Å²) in [5, 5.41) is 0. The van der Waals surface area contributed by atoms with Gasteiger partial charge in [-0.3, -0.25) is 0 Å². The van der Waals surface area contributed by atoms with Crippen LogP contribution in [-0.2, 0) is 0 Å². The first kappa shape index (κ1) is 9.28. The molecule has 0 aliphatic rings. The van der Waals surface area contributed by atoms with Gasteiger partial charge in [-0.05, 0) is 49.2 Å². The molecule has 0 saturated carbocycles. The maximum atomic E-state index is 5.78. The summed E-state index contributed by atoms with van der Waals surface area (Å²) in [6.07, 6.45) is 0. The highest BCUT2D eigenvalue weighted by Crippen LogP contribution is 2.31. The van der Waals surface area contributed by atoms with E-state index in [1.54, 1.807) is 0 Å². The maximum absolute atomic E-state index is 5.78. The molecular weight excluding hydrogens is 190 g/mol. The fourth-order valence-corrected chi connectivity index (χ4v) is 2.43. The zero-order valence-corrected chi connectivity index (χ0v) is 9.19. The average Bonchev–Trinajstić information content (AvgIpc) is 2.56. The molecule has 0 amide bonds. The van der Waals surface area contributed by atoms with E-state index >= 15 is 0 Å². The molecule has 0 bridgehead atoms. The number of nitrogen functional groups attached to an aromatic ring is 1. The summed E-state index contributed by atoms with van der Waals surface area (Å²) < 4.78 is 0. The molecule has 2 heteroatoms. The molecule has 2 rings (SSSR count). The Morgan fingerprint density at radius 2 is 1.86 bits per heavy atom. The van der Waals surface area contributed by atoms with E-state index in [0.717, 1.165) is 5.69 Å². The van der Waals surface area contributed by atoms with Crippen molar-refractivity contribution in [2.45, 2.75) is 13.8 Å². The van der Waals surface area contributed by atoms with Crippen LogP contribution in [0.1, 0.15) is 10.4 Å². The highest BCUT2D eigenvalue weighted by Gasteiger charge is 2.04. The number of nitrogens with two attached hydrogens (primary N) is 1. The molecule has 2 N–H and O–H groups in total. The number of aryl methyl sites for hydroxylation is 2. The van der Waals surface area contributed by atoms with Crippen molar-refractivity contribution in [2.24, 2.45) is 0 Å². The van der Waals surface area contributed by atoms with Gasteiger partial charge < -0.3 is 5.73 Å². The number of hydrogen-bond acceptors (Lipinski definition) is 2. The lowest BCUT2D eigenvalue weighted by Gasteiger charge is -2.03. The Morgan fingerprint density at radius 3 is 2.50 bits per heavy atom. The largest absolute Gasteiger partial charge is 0.399 e. The quantitative estimate of drug-likeness (QED) is 0.704. The van der Waals surface area contributed by atoms with Crippen LogP contribution >= 0.6 is 11.3 Å². The van der Waals surface area contributed by atoms with Gasteiger partial charge in [-0.2, -0.15) is 0 Å². The van der Waals surface area contributed by atoms with Crippen molar-refractivity contribution < 1.29 is 0 Å². The van der Waals surface area contributed by atoms with Crippen LogP contribution in [0.4, 0.5) is 5.69 Å². The Balaban J connectivity index is 2.55. The third kappa shape index (κ3) is 1.66. The first-order valence-electron chi connectivity index (χ1n) is 4.60. The molecule has 0 saturated heterocycles. The van der Waals surface area contributed by atoms with Crippen LogP contribution in [0.25, 0.3) is 10.4 Å². The van der Waals surface area contributed by atoms with Crippen LogP contribution in [0.2, 0.25) is 0 Å². The first-order valence-corrected chi connectivity index (χ1v) is 5.41. The van der Waals surface area contributed by atoms with Crippen molar-refractivity contribution in [1.82, 2.24) is 0 Å². The van der Waals surface area contributed by atoms with Crippen molar-refractivity contribution in [3.63, 3.8) is 0 Å². The Labute approximate surface area is 88.2 Å². The standard InChI is InChI=1S/C12H13NS/c1-8-3-5-10(13)7-11(8)12-6-4-9(2)14-12/h3-7H,13H2,1-2H3. The van der Waals surface area contributed by atoms with E-state index in [4.69, 9.17) is 5.73 Å². The summed E-state index contributed by atoms with van der Waals surface area (Å²) in [6, 6.07) is 10.4. The van der Waals surface area contributed by atoms with Gasteiger partial charge >= 0.3 is 0 Å². The zero-order valence-electron chi connectivity index (χ0n) is 8.37. The van der Waals surface area contributed by atoms with Gasteiger partial charge in [-0.1, -0.05) is 6.07 Å². The molecule has 0 fully saturated rings.